The number of carbonyl (C=O) groups excluding carboxylic acids is 2. The first-order chi connectivity index (χ1) is 8.67. The van der Waals surface area contributed by atoms with Crippen molar-refractivity contribution in [2.45, 2.75) is 13.0 Å². The van der Waals surface area contributed by atoms with Gasteiger partial charge in [-0.3, -0.25) is 4.79 Å². The molecule has 0 bridgehead atoms. The van der Waals surface area contributed by atoms with Crippen molar-refractivity contribution in [3.8, 4) is 0 Å². The van der Waals surface area contributed by atoms with Gasteiger partial charge in [0.2, 0.25) is 0 Å². The van der Waals surface area contributed by atoms with Crippen LogP contribution < -0.4 is 5.43 Å². The molecule has 0 saturated carbocycles. The summed E-state index contributed by atoms with van der Waals surface area (Å²) < 4.78 is 4.99. The van der Waals surface area contributed by atoms with Crippen molar-refractivity contribution < 1.29 is 14.3 Å². The first-order valence-corrected chi connectivity index (χ1v) is 5.40. The molecule has 0 radical (unpaired) electrons. The Hall–Kier alpha value is -2.23. The lowest BCUT2D eigenvalue weighted by atomic mass is 9.97. The Morgan fingerprint density at radius 2 is 2.00 bits per heavy atom. The van der Waals surface area contributed by atoms with E-state index in [4.69, 9.17) is 4.74 Å². The molecule has 2 rings (SSSR count). The van der Waals surface area contributed by atoms with E-state index >= 15 is 0 Å². The normalized spacial score (nSPS) is 19.0. The van der Waals surface area contributed by atoms with Gasteiger partial charge < -0.3 is 4.74 Å². The fourth-order valence-corrected chi connectivity index (χ4v) is 1.74. The SMILES string of the molecule is COC1C(=O)NN=C(c2ccc(C)cc2)C1=C=O. The zero-order valence-corrected chi connectivity index (χ0v) is 10.1. The number of methoxy groups -OCH3 is 1. The van der Waals surface area contributed by atoms with Crippen LogP contribution in [0, 0.1) is 6.92 Å². The van der Waals surface area contributed by atoms with Gasteiger partial charge in [-0.15, -0.1) is 0 Å². The van der Waals surface area contributed by atoms with Gasteiger partial charge in [-0.2, -0.15) is 5.10 Å². The molecule has 1 atom stereocenters. The molecule has 1 aliphatic heterocycles. The van der Waals surface area contributed by atoms with Crippen molar-refractivity contribution in [2.24, 2.45) is 5.10 Å². The highest BCUT2D eigenvalue weighted by Crippen LogP contribution is 2.17. The maximum Gasteiger partial charge on any atom is 0.274 e. The number of ether oxygens (including phenoxy) is 1. The minimum atomic E-state index is -0.962. The molecule has 0 aliphatic carbocycles. The van der Waals surface area contributed by atoms with Gasteiger partial charge in [0.25, 0.3) is 5.91 Å². The van der Waals surface area contributed by atoms with E-state index in [1.807, 2.05) is 31.2 Å². The standard InChI is InChI=1S/C13H12N2O3/c1-8-3-5-9(6-4-8)11-10(7-16)12(18-2)13(17)15-14-11/h3-6,12H,1-2H3,(H,15,17). The van der Waals surface area contributed by atoms with Crippen molar-refractivity contribution in [2.75, 3.05) is 7.11 Å². The number of nitrogens with zero attached hydrogens (tertiary/aromatic N) is 1. The van der Waals surface area contributed by atoms with Gasteiger partial charge >= 0.3 is 0 Å². The van der Waals surface area contributed by atoms with Gasteiger partial charge in [0, 0.05) is 12.7 Å². The molecular weight excluding hydrogens is 232 g/mol. The maximum absolute atomic E-state index is 11.5. The first kappa shape index (κ1) is 12.2. The van der Waals surface area contributed by atoms with E-state index in [2.05, 4.69) is 10.5 Å². The Balaban J connectivity index is 2.47. The summed E-state index contributed by atoms with van der Waals surface area (Å²) in [6, 6.07) is 7.46. The van der Waals surface area contributed by atoms with Crippen molar-refractivity contribution in [3.63, 3.8) is 0 Å². The van der Waals surface area contributed by atoms with Crippen molar-refractivity contribution in [3.05, 3.63) is 41.0 Å². The van der Waals surface area contributed by atoms with Crippen LogP contribution in [-0.4, -0.2) is 30.8 Å². The number of benzene rings is 1. The molecule has 0 spiro atoms. The first-order valence-electron chi connectivity index (χ1n) is 5.40. The van der Waals surface area contributed by atoms with Crippen LogP contribution in [0.3, 0.4) is 0 Å². The van der Waals surface area contributed by atoms with Crippen LogP contribution in [0.1, 0.15) is 11.1 Å². The lowest BCUT2D eigenvalue weighted by Gasteiger charge is -2.21. The van der Waals surface area contributed by atoms with E-state index in [1.165, 1.54) is 7.11 Å². The molecule has 5 heteroatoms. The van der Waals surface area contributed by atoms with Crippen LogP contribution in [0.2, 0.25) is 0 Å². The van der Waals surface area contributed by atoms with Crippen LogP contribution in [0.5, 0.6) is 0 Å². The number of nitrogens with one attached hydrogen (secondary N) is 1. The Bertz CT molecular complexity index is 554. The summed E-state index contributed by atoms with van der Waals surface area (Å²) in [5.74, 6) is 1.28. The van der Waals surface area contributed by atoms with Gasteiger partial charge in [0.05, 0.1) is 0 Å². The van der Waals surface area contributed by atoms with Crippen LogP contribution in [0.15, 0.2) is 34.9 Å². The zero-order valence-electron chi connectivity index (χ0n) is 10.1. The van der Waals surface area contributed by atoms with Gasteiger partial charge in [-0.05, 0) is 6.92 Å². The van der Waals surface area contributed by atoms with Gasteiger partial charge in [-0.25, -0.2) is 10.2 Å². The van der Waals surface area contributed by atoms with Crippen LogP contribution in [0.25, 0.3) is 0 Å². The fraction of sp³-hybridized carbons (Fsp3) is 0.231. The van der Waals surface area contributed by atoms with Crippen molar-refractivity contribution >= 4 is 17.6 Å². The van der Waals surface area contributed by atoms with Crippen LogP contribution in [0.4, 0.5) is 0 Å². The average molecular weight is 244 g/mol. The number of amides is 1. The monoisotopic (exact) mass is 244 g/mol. The zero-order chi connectivity index (χ0) is 13.1. The number of carbonyl (C=O) groups is 1. The van der Waals surface area contributed by atoms with Crippen molar-refractivity contribution in [1.29, 1.82) is 0 Å². The van der Waals surface area contributed by atoms with Crippen molar-refractivity contribution in [1.82, 2.24) is 5.43 Å². The van der Waals surface area contributed by atoms with Crippen LogP contribution >= 0.6 is 0 Å². The number of hydrogen-bond donors (Lipinski definition) is 1. The van der Waals surface area contributed by atoms with E-state index in [9.17, 15) is 9.59 Å². The van der Waals surface area contributed by atoms with Gasteiger partial charge in [-0.1, -0.05) is 29.8 Å². The summed E-state index contributed by atoms with van der Waals surface area (Å²) in [5.41, 5.74) is 4.67. The summed E-state index contributed by atoms with van der Waals surface area (Å²) >= 11 is 0. The number of hydrogen-bond acceptors (Lipinski definition) is 4. The molecule has 18 heavy (non-hydrogen) atoms. The summed E-state index contributed by atoms with van der Waals surface area (Å²) in [5, 5.41) is 3.90. The Labute approximate surface area is 104 Å². The summed E-state index contributed by atoms with van der Waals surface area (Å²) in [7, 11) is 1.36. The van der Waals surface area contributed by atoms with E-state index in [0.717, 1.165) is 11.1 Å². The molecule has 1 aliphatic rings. The Morgan fingerprint density at radius 3 is 2.56 bits per heavy atom. The van der Waals surface area contributed by atoms with Crippen LogP contribution in [-0.2, 0) is 14.3 Å². The molecular formula is C13H12N2O3. The number of aryl methyl sites for hydroxylation is 1. The average Bonchev–Trinajstić information content (AvgIpc) is 2.39. The van der Waals surface area contributed by atoms with E-state index in [0.29, 0.717) is 5.71 Å². The summed E-state index contributed by atoms with van der Waals surface area (Å²) in [6.45, 7) is 1.96. The smallest absolute Gasteiger partial charge is 0.274 e. The highest BCUT2D eigenvalue weighted by molar-refractivity contribution is 6.21. The highest BCUT2D eigenvalue weighted by atomic mass is 16.5. The second-order valence-electron chi connectivity index (χ2n) is 3.93. The Morgan fingerprint density at radius 1 is 1.33 bits per heavy atom. The lowest BCUT2D eigenvalue weighted by molar-refractivity contribution is -0.129. The molecule has 92 valence electrons. The molecule has 1 N–H and O–H groups in total. The molecule has 0 saturated heterocycles. The molecule has 0 aromatic heterocycles. The lowest BCUT2D eigenvalue weighted by Crippen LogP contribution is -2.42. The second kappa shape index (κ2) is 4.96. The van der Waals surface area contributed by atoms with E-state index < -0.39 is 12.0 Å². The number of rotatable bonds is 2. The molecule has 1 aromatic rings. The third-order valence-electron chi connectivity index (χ3n) is 2.70. The van der Waals surface area contributed by atoms with E-state index in [1.54, 1.807) is 5.94 Å². The maximum atomic E-state index is 11.5. The largest absolute Gasteiger partial charge is 0.366 e. The molecule has 1 unspecified atom stereocenters. The molecule has 0 fully saturated rings. The molecule has 1 aromatic carbocycles. The number of hydrazone groups is 1. The van der Waals surface area contributed by atoms with E-state index in [-0.39, 0.29) is 5.57 Å². The Kier molecular flexibility index (Phi) is 3.37. The fourth-order valence-electron chi connectivity index (χ4n) is 1.74. The molecule has 5 nitrogen and oxygen atoms in total. The third-order valence-corrected chi connectivity index (χ3v) is 2.70. The quantitative estimate of drug-likeness (QED) is 0.775. The topological polar surface area (TPSA) is 67.8 Å². The third kappa shape index (κ3) is 2.09. The molecule has 1 amide bonds. The minimum absolute atomic E-state index is 0.116. The predicted molar refractivity (Wildman–Crippen MR) is 65.9 cm³/mol. The van der Waals surface area contributed by atoms with Gasteiger partial charge in [0.15, 0.2) is 6.10 Å². The minimum Gasteiger partial charge on any atom is -0.366 e. The highest BCUT2D eigenvalue weighted by Gasteiger charge is 2.32. The summed E-state index contributed by atoms with van der Waals surface area (Å²) in [4.78, 5) is 22.5. The predicted octanol–water partition coefficient (Wildman–Crippen LogP) is 0.602. The second-order valence-corrected chi connectivity index (χ2v) is 3.93. The van der Waals surface area contributed by atoms with Gasteiger partial charge in [0.1, 0.15) is 17.2 Å². The summed E-state index contributed by atoms with van der Waals surface area (Å²) in [6.07, 6.45) is -0.962. The molecule has 1 heterocycles.